The van der Waals surface area contributed by atoms with Crippen molar-refractivity contribution in [3.05, 3.63) is 52.4 Å². The summed E-state index contributed by atoms with van der Waals surface area (Å²) >= 11 is 1.42. The average Bonchev–Trinajstić information content (AvgIpc) is 3.01. The maximum Gasteiger partial charge on any atom is 0.326 e. The molecular formula is C18H18N2O3S. The fraction of sp³-hybridized carbons (Fsp3) is 0.278. The van der Waals surface area contributed by atoms with E-state index in [0.717, 1.165) is 11.1 Å². The van der Waals surface area contributed by atoms with Crippen molar-refractivity contribution in [2.24, 2.45) is 5.92 Å². The highest BCUT2D eigenvalue weighted by atomic mass is 32.1. The quantitative estimate of drug-likeness (QED) is 0.667. The van der Waals surface area contributed by atoms with Crippen LogP contribution in [0.15, 0.2) is 46.8 Å². The maximum atomic E-state index is 12.8. The smallest absolute Gasteiger partial charge is 0.326 e. The Morgan fingerprint density at radius 1 is 1.29 bits per heavy atom. The number of fused-ring (bicyclic) bond motifs is 1. The van der Waals surface area contributed by atoms with E-state index in [1.807, 2.05) is 49.6 Å². The molecule has 1 aromatic carbocycles. The number of carbonyl (C=O) groups excluding carboxylic acids is 1. The predicted octanol–water partition coefficient (Wildman–Crippen LogP) is 3.32. The number of hydrogen-bond donors (Lipinski definition) is 0. The zero-order chi connectivity index (χ0) is 17.1. The lowest BCUT2D eigenvalue weighted by molar-refractivity contribution is -0.145. The Labute approximate surface area is 143 Å². The van der Waals surface area contributed by atoms with E-state index in [1.54, 1.807) is 0 Å². The van der Waals surface area contributed by atoms with Crippen molar-refractivity contribution in [2.75, 3.05) is 6.61 Å². The molecule has 6 heteroatoms. The molecule has 0 saturated heterocycles. The summed E-state index contributed by atoms with van der Waals surface area (Å²) in [5, 5.41) is 2.47. The SMILES string of the molecule is CC(C)COC(=O)Cn1cnc2scc(-c3ccccc3)c2c1=O. The summed E-state index contributed by atoms with van der Waals surface area (Å²) in [5.74, 6) is -0.170. The van der Waals surface area contributed by atoms with Crippen molar-refractivity contribution in [1.82, 2.24) is 9.55 Å². The van der Waals surface area contributed by atoms with Crippen LogP contribution in [0.5, 0.6) is 0 Å². The van der Waals surface area contributed by atoms with Crippen molar-refractivity contribution in [1.29, 1.82) is 0 Å². The van der Waals surface area contributed by atoms with E-state index in [4.69, 9.17) is 4.74 Å². The van der Waals surface area contributed by atoms with Gasteiger partial charge in [-0.1, -0.05) is 44.2 Å². The van der Waals surface area contributed by atoms with Gasteiger partial charge in [0.1, 0.15) is 11.4 Å². The minimum atomic E-state index is -0.427. The van der Waals surface area contributed by atoms with Gasteiger partial charge in [0.05, 0.1) is 18.3 Å². The molecule has 24 heavy (non-hydrogen) atoms. The minimum absolute atomic E-state index is 0.126. The van der Waals surface area contributed by atoms with Gasteiger partial charge in [-0.25, -0.2) is 4.98 Å². The summed E-state index contributed by atoms with van der Waals surface area (Å²) in [6.07, 6.45) is 1.41. The average molecular weight is 342 g/mol. The van der Waals surface area contributed by atoms with Crippen LogP contribution in [0.3, 0.4) is 0 Å². The number of esters is 1. The summed E-state index contributed by atoms with van der Waals surface area (Å²) in [4.78, 5) is 29.7. The molecule has 0 bridgehead atoms. The van der Waals surface area contributed by atoms with E-state index in [2.05, 4.69) is 4.98 Å². The third-order valence-electron chi connectivity index (χ3n) is 3.52. The molecule has 0 aliphatic heterocycles. The highest BCUT2D eigenvalue weighted by Gasteiger charge is 2.15. The van der Waals surface area contributed by atoms with Crippen LogP contribution in [-0.4, -0.2) is 22.1 Å². The highest BCUT2D eigenvalue weighted by molar-refractivity contribution is 7.17. The van der Waals surface area contributed by atoms with Crippen molar-refractivity contribution in [3.8, 4) is 11.1 Å². The summed E-state index contributed by atoms with van der Waals surface area (Å²) in [7, 11) is 0. The lowest BCUT2D eigenvalue weighted by atomic mass is 10.1. The summed E-state index contributed by atoms with van der Waals surface area (Å²) < 4.78 is 6.46. The minimum Gasteiger partial charge on any atom is -0.464 e. The second-order valence-electron chi connectivity index (χ2n) is 5.95. The maximum absolute atomic E-state index is 12.8. The van der Waals surface area contributed by atoms with Crippen LogP contribution in [0.2, 0.25) is 0 Å². The van der Waals surface area contributed by atoms with Gasteiger partial charge in [-0.3, -0.25) is 14.2 Å². The number of hydrogen-bond acceptors (Lipinski definition) is 5. The number of rotatable bonds is 5. The molecule has 2 aromatic heterocycles. The van der Waals surface area contributed by atoms with Crippen LogP contribution < -0.4 is 5.56 Å². The van der Waals surface area contributed by atoms with Crippen LogP contribution in [0.25, 0.3) is 21.3 Å². The van der Waals surface area contributed by atoms with Crippen molar-refractivity contribution >= 4 is 27.5 Å². The van der Waals surface area contributed by atoms with Crippen LogP contribution in [-0.2, 0) is 16.1 Å². The van der Waals surface area contributed by atoms with Gasteiger partial charge >= 0.3 is 5.97 Å². The molecule has 0 aliphatic rings. The number of carbonyl (C=O) groups is 1. The summed E-state index contributed by atoms with van der Waals surface area (Å²) in [6, 6.07) is 9.69. The van der Waals surface area contributed by atoms with E-state index in [0.29, 0.717) is 16.8 Å². The van der Waals surface area contributed by atoms with Gasteiger partial charge in [-0.2, -0.15) is 0 Å². The largest absolute Gasteiger partial charge is 0.464 e. The van der Waals surface area contributed by atoms with Gasteiger partial charge in [0.2, 0.25) is 0 Å². The lowest BCUT2D eigenvalue weighted by Crippen LogP contribution is -2.26. The summed E-state index contributed by atoms with van der Waals surface area (Å²) in [6.45, 7) is 4.14. The van der Waals surface area contributed by atoms with Gasteiger partial charge in [0, 0.05) is 10.9 Å². The molecule has 3 rings (SSSR count). The standard InChI is InChI=1S/C18H18N2O3S/c1-12(2)9-23-15(21)8-20-11-19-17-16(18(20)22)14(10-24-17)13-6-4-3-5-7-13/h3-7,10-12H,8-9H2,1-2H3. The fourth-order valence-corrected chi connectivity index (χ4v) is 3.26. The molecular weight excluding hydrogens is 324 g/mol. The van der Waals surface area contributed by atoms with E-state index in [1.165, 1.54) is 22.2 Å². The molecule has 0 saturated carbocycles. The Kier molecular flexibility index (Phi) is 4.76. The molecule has 5 nitrogen and oxygen atoms in total. The van der Waals surface area contributed by atoms with Crippen LogP contribution in [0, 0.1) is 5.92 Å². The van der Waals surface area contributed by atoms with E-state index >= 15 is 0 Å². The second-order valence-corrected chi connectivity index (χ2v) is 6.81. The molecule has 0 unspecified atom stereocenters. The van der Waals surface area contributed by atoms with E-state index in [-0.39, 0.29) is 18.0 Å². The first kappa shape index (κ1) is 16.4. The fourth-order valence-electron chi connectivity index (χ4n) is 2.35. The Morgan fingerprint density at radius 3 is 2.75 bits per heavy atom. The normalized spacial score (nSPS) is 11.1. The second kappa shape index (κ2) is 6.97. The van der Waals surface area contributed by atoms with Crippen LogP contribution in [0.4, 0.5) is 0 Å². The molecule has 0 fully saturated rings. The Bertz CT molecular complexity index is 913. The summed E-state index contributed by atoms with van der Waals surface area (Å²) in [5.41, 5.74) is 1.59. The van der Waals surface area contributed by atoms with Gasteiger partial charge in [0.25, 0.3) is 5.56 Å². The van der Waals surface area contributed by atoms with Gasteiger partial charge in [-0.05, 0) is 11.5 Å². The van der Waals surface area contributed by atoms with Crippen molar-refractivity contribution in [2.45, 2.75) is 20.4 Å². The van der Waals surface area contributed by atoms with Crippen molar-refractivity contribution in [3.63, 3.8) is 0 Å². The number of aromatic nitrogens is 2. The number of thiophene rings is 1. The number of benzene rings is 1. The van der Waals surface area contributed by atoms with Gasteiger partial charge < -0.3 is 4.74 Å². The number of ether oxygens (including phenoxy) is 1. The van der Waals surface area contributed by atoms with E-state index in [9.17, 15) is 9.59 Å². The highest BCUT2D eigenvalue weighted by Crippen LogP contribution is 2.30. The van der Waals surface area contributed by atoms with E-state index < -0.39 is 5.97 Å². The Morgan fingerprint density at radius 2 is 2.04 bits per heavy atom. The zero-order valence-corrected chi connectivity index (χ0v) is 14.4. The third kappa shape index (κ3) is 3.38. The molecule has 0 N–H and O–H groups in total. The first-order valence-corrected chi connectivity index (χ1v) is 8.62. The molecule has 0 radical (unpaired) electrons. The Hall–Kier alpha value is -2.47. The predicted molar refractivity (Wildman–Crippen MR) is 95.1 cm³/mol. The first-order valence-electron chi connectivity index (χ1n) is 7.74. The van der Waals surface area contributed by atoms with Gasteiger partial charge in [0.15, 0.2) is 0 Å². The molecule has 3 aromatic rings. The third-order valence-corrected chi connectivity index (χ3v) is 4.41. The van der Waals surface area contributed by atoms with Crippen LogP contribution >= 0.6 is 11.3 Å². The molecule has 0 amide bonds. The molecule has 0 atom stereocenters. The van der Waals surface area contributed by atoms with Gasteiger partial charge in [-0.15, -0.1) is 11.3 Å². The molecule has 0 spiro atoms. The number of nitrogens with zero attached hydrogens (tertiary/aromatic N) is 2. The molecule has 2 heterocycles. The molecule has 124 valence electrons. The lowest BCUT2D eigenvalue weighted by Gasteiger charge is -2.08. The first-order chi connectivity index (χ1) is 11.6. The zero-order valence-electron chi connectivity index (χ0n) is 13.6. The van der Waals surface area contributed by atoms with Crippen LogP contribution in [0.1, 0.15) is 13.8 Å². The Balaban J connectivity index is 1.96. The van der Waals surface area contributed by atoms with Crippen molar-refractivity contribution < 1.29 is 9.53 Å². The molecule has 0 aliphatic carbocycles. The topological polar surface area (TPSA) is 61.2 Å². The monoisotopic (exact) mass is 342 g/mol.